The Labute approximate surface area is 259 Å². The standard InChI is InChI=1S/C37H54N2O2S/c1-6-7-8-9-10-11-12-13-14-15-16-17-25-41-36-32(21-19-23-34(36)37(3,4)5)28-35(40)38-33-22-18-20-31(27-33)29-39-24-26-42-30(39)2/h18-24,26-27H,6-17,25,28-29H2,1-5H3/p+1. The van der Waals surface area contributed by atoms with Crippen LogP contribution in [0.3, 0.4) is 0 Å². The van der Waals surface area contributed by atoms with Crippen molar-refractivity contribution in [2.75, 3.05) is 11.9 Å². The number of carbonyl (C=O) groups excluding carboxylic acids is 1. The summed E-state index contributed by atoms with van der Waals surface area (Å²) in [4.78, 5) is 13.2. The summed E-state index contributed by atoms with van der Waals surface area (Å²) in [6, 6.07) is 14.4. The monoisotopic (exact) mass is 591 g/mol. The summed E-state index contributed by atoms with van der Waals surface area (Å²) in [7, 11) is 0. The van der Waals surface area contributed by atoms with Crippen molar-refractivity contribution in [2.45, 2.75) is 130 Å². The van der Waals surface area contributed by atoms with Gasteiger partial charge in [-0.25, -0.2) is 0 Å². The second-order valence-electron chi connectivity index (χ2n) is 12.8. The lowest BCUT2D eigenvalue weighted by molar-refractivity contribution is -0.689. The van der Waals surface area contributed by atoms with Crippen LogP contribution in [0.4, 0.5) is 5.69 Å². The number of hydrogen-bond acceptors (Lipinski definition) is 3. The average molecular weight is 592 g/mol. The number of aryl methyl sites for hydroxylation is 1. The maximum absolute atomic E-state index is 13.2. The largest absolute Gasteiger partial charge is 0.493 e. The number of nitrogens with one attached hydrogen (secondary N) is 1. The number of nitrogens with zero attached hydrogens (tertiary/aromatic N) is 1. The van der Waals surface area contributed by atoms with Crippen molar-refractivity contribution in [3.63, 3.8) is 0 Å². The summed E-state index contributed by atoms with van der Waals surface area (Å²) in [5, 5.41) is 6.49. The molecule has 0 saturated heterocycles. The predicted molar refractivity (Wildman–Crippen MR) is 179 cm³/mol. The Hall–Kier alpha value is -2.66. The van der Waals surface area contributed by atoms with Crippen molar-refractivity contribution in [1.29, 1.82) is 0 Å². The Balaban J connectivity index is 1.49. The quantitative estimate of drug-likeness (QED) is 0.111. The van der Waals surface area contributed by atoms with E-state index in [9.17, 15) is 4.79 Å². The van der Waals surface area contributed by atoms with Gasteiger partial charge in [0.25, 0.3) is 0 Å². The highest BCUT2D eigenvalue weighted by atomic mass is 32.1. The zero-order chi connectivity index (χ0) is 30.2. The van der Waals surface area contributed by atoms with Gasteiger partial charge < -0.3 is 10.1 Å². The fourth-order valence-electron chi connectivity index (χ4n) is 5.46. The summed E-state index contributed by atoms with van der Waals surface area (Å²) in [6.45, 7) is 12.5. The van der Waals surface area contributed by atoms with E-state index in [-0.39, 0.29) is 11.3 Å². The zero-order valence-electron chi connectivity index (χ0n) is 27.0. The maximum atomic E-state index is 13.2. The Morgan fingerprint density at radius 1 is 0.881 bits per heavy atom. The minimum atomic E-state index is -0.0653. The smallest absolute Gasteiger partial charge is 0.234 e. The van der Waals surface area contributed by atoms with Gasteiger partial charge in [0.2, 0.25) is 10.9 Å². The van der Waals surface area contributed by atoms with Crippen LogP contribution in [0.2, 0.25) is 0 Å². The lowest BCUT2D eigenvalue weighted by atomic mass is 9.84. The van der Waals surface area contributed by atoms with Gasteiger partial charge in [0.15, 0.2) is 12.7 Å². The fourth-order valence-corrected chi connectivity index (χ4v) is 6.13. The number of unbranched alkanes of at least 4 members (excludes halogenated alkanes) is 11. The molecule has 3 rings (SSSR count). The van der Waals surface area contributed by atoms with Gasteiger partial charge in [-0.3, -0.25) is 4.79 Å². The van der Waals surface area contributed by atoms with Gasteiger partial charge in [-0.2, -0.15) is 4.57 Å². The lowest BCUT2D eigenvalue weighted by Crippen LogP contribution is -2.34. The van der Waals surface area contributed by atoms with E-state index in [1.807, 2.05) is 18.2 Å². The van der Waals surface area contributed by atoms with Crippen molar-refractivity contribution >= 4 is 22.9 Å². The Morgan fingerprint density at radius 2 is 1.52 bits per heavy atom. The Kier molecular flexibility index (Phi) is 14.6. The SMILES string of the molecule is CCCCCCCCCCCCCCOc1c(CC(=O)Nc2cccc(C[n+]3ccsc3C)c2)cccc1C(C)(C)C. The van der Waals surface area contributed by atoms with Crippen molar-refractivity contribution in [3.05, 3.63) is 75.7 Å². The maximum Gasteiger partial charge on any atom is 0.234 e. The topological polar surface area (TPSA) is 42.2 Å². The highest BCUT2D eigenvalue weighted by Crippen LogP contribution is 2.35. The first-order valence-corrected chi connectivity index (χ1v) is 17.2. The Morgan fingerprint density at radius 3 is 2.14 bits per heavy atom. The van der Waals surface area contributed by atoms with Gasteiger partial charge in [0.1, 0.15) is 5.75 Å². The van der Waals surface area contributed by atoms with Crippen molar-refractivity contribution in [2.24, 2.45) is 0 Å². The molecule has 1 amide bonds. The van der Waals surface area contributed by atoms with Crippen molar-refractivity contribution in [1.82, 2.24) is 0 Å². The molecule has 0 radical (unpaired) electrons. The molecule has 0 spiro atoms. The number of ether oxygens (including phenoxy) is 1. The molecule has 0 aliphatic carbocycles. The highest BCUT2D eigenvalue weighted by molar-refractivity contribution is 7.09. The van der Waals surface area contributed by atoms with Crippen molar-refractivity contribution < 1.29 is 14.1 Å². The van der Waals surface area contributed by atoms with Gasteiger partial charge in [0.05, 0.1) is 18.4 Å². The summed E-state index contributed by atoms with van der Waals surface area (Å²) < 4.78 is 8.67. The number of amides is 1. The molecule has 42 heavy (non-hydrogen) atoms. The summed E-state index contributed by atoms with van der Waals surface area (Å²) in [5.74, 6) is 0.870. The van der Waals surface area contributed by atoms with Crippen LogP contribution in [-0.4, -0.2) is 12.5 Å². The zero-order valence-corrected chi connectivity index (χ0v) is 27.8. The van der Waals surface area contributed by atoms with Crippen LogP contribution in [0.1, 0.15) is 126 Å². The van der Waals surface area contributed by atoms with E-state index in [4.69, 9.17) is 4.74 Å². The molecule has 1 N–H and O–H groups in total. The molecule has 0 bridgehead atoms. The van der Waals surface area contributed by atoms with E-state index in [1.54, 1.807) is 11.3 Å². The van der Waals surface area contributed by atoms with Crippen LogP contribution in [0.15, 0.2) is 54.0 Å². The molecule has 2 aromatic carbocycles. The number of para-hydroxylation sites is 1. The second-order valence-corrected chi connectivity index (χ2v) is 13.9. The predicted octanol–water partition coefficient (Wildman–Crippen LogP) is 9.95. The molecule has 0 unspecified atom stereocenters. The first kappa shape index (κ1) is 33.8. The number of hydrogen-bond donors (Lipinski definition) is 1. The number of thiazole rings is 1. The van der Waals surface area contributed by atoms with E-state index in [0.717, 1.165) is 35.5 Å². The minimum absolute atomic E-state index is 0.0206. The molecular weight excluding hydrogens is 536 g/mol. The number of anilines is 1. The van der Waals surface area contributed by atoms with E-state index in [2.05, 4.69) is 80.3 Å². The van der Waals surface area contributed by atoms with Gasteiger partial charge in [-0.05, 0) is 29.5 Å². The van der Waals surface area contributed by atoms with Gasteiger partial charge >= 0.3 is 0 Å². The van der Waals surface area contributed by atoms with Crippen LogP contribution in [0.25, 0.3) is 0 Å². The third kappa shape index (κ3) is 11.9. The highest BCUT2D eigenvalue weighted by Gasteiger charge is 2.22. The van der Waals surface area contributed by atoms with Crippen LogP contribution < -0.4 is 14.6 Å². The number of benzene rings is 2. The summed E-state index contributed by atoms with van der Waals surface area (Å²) in [6.07, 6.45) is 18.3. The molecule has 5 heteroatoms. The molecule has 0 fully saturated rings. The molecule has 1 aromatic heterocycles. The molecule has 0 aliphatic rings. The second kappa shape index (κ2) is 18.1. The number of rotatable bonds is 19. The molecule has 0 saturated carbocycles. The number of aromatic nitrogens is 1. The van der Waals surface area contributed by atoms with Crippen molar-refractivity contribution in [3.8, 4) is 5.75 Å². The van der Waals surface area contributed by atoms with E-state index in [1.165, 1.54) is 81.2 Å². The molecular formula is C37H55N2O2S+. The molecule has 4 nitrogen and oxygen atoms in total. The summed E-state index contributed by atoms with van der Waals surface area (Å²) >= 11 is 1.74. The lowest BCUT2D eigenvalue weighted by Gasteiger charge is -2.25. The van der Waals surface area contributed by atoms with Crippen LogP contribution in [-0.2, 0) is 23.2 Å². The number of carbonyl (C=O) groups is 1. The third-order valence-corrected chi connectivity index (χ3v) is 8.78. The van der Waals surface area contributed by atoms with Crippen LogP contribution in [0.5, 0.6) is 5.75 Å². The van der Waals surface area contributed by atoms with E-state index in [0.29, 0.717) is 13.0 Å². The normalized spacial score (nSPS) is 11.5. The first-order valence-electron chi connectivity index (χ1n) is 16.4. The first-order chi connectivity index (χ1) is 20.3. The van der Waals surface area contributed by atoms with Crippen LogP contribution >= 0.6 is 11.3 Å². The molecule has 0 atom stereocenters. The van der Waals surface area contributed by atoms with E-state index >= 15 is 0 Å². The fraction of sp³-hybridized carbons (Fsp3) is 0.568. The molecule has 1 heterocycles. The molecule has 0 aliphatic heterocycles. The molecule has 230 valence electrons. The van der Waals surface area contributed by atoms with Gasteiger partial charge in [-0.15, -0.1) is 0 Å². The Bertz CT molecular complexity index is 1210. The average Bonchev–Trinajstić information content (AvgIpc) is 3.35. The van der Waals surface area contributed by atoms with Crippen LogP contribution in [0, 0.1) is 6.92 Å². The van der Waals surface area contributed by atoms with Gasteiger partial charge in [-0.1, -0.05) is 140 Å². The third-order valence-electron chi connectivity index (χ3n) is 7.95. The molecule has 3 aromatic rings. The van der Waals surface area contributed by atoms with Gasteiger partial charge in [0, 0.05) is 23.7 Å². The summed E-state index contributed by atoms with van der Waals surface area (Å²) in [5.41, 5.74) is 4.05. The minimum Gasteiger partial charge on any atom is -0.493 e. The van der Waals surface area contributed by atoms with E-state index < -0.39 is 0 Å².